The number of carbonyl (C=O) groups excluding carboxylic acids is 2. The van der Waals surface area contributed by atoms with Crippen molar-refractivity contribution >= 4 is 11.9 Å². The Morgan fingerprint density at radius 1 is 0.963 bits per heavy atom. The Hall–Kier alpha value is -2.82. The van der Waals surface area contributed by atoms with Gasteiger partial charge in [0.2, 0.25) is 5.91 Å². The minimum atomic E-state index is -0.425. The van der Waals surface area contributed by atoms with Gasteiger partial charge in [-0.3, -0.25) is 9.59 Å². The summed E-state index contributed by atoms with van der Waals surface area (Å²) in [6, 6.07) is 15.6. The van der Waals surface area contributed by atoms with Crippen molar-refractivity contribution in [3.05, 3.63) is 65.2 Å². The maximum Gasteiger partial charge on any atom is 0.325 e. The molecule has 0 radical (unpaired) electrons. The summed E-state index contributed by atoms with van der Waals surface area (Å²) in [5.41, 5.74) is 3.14. The standard InChI is InChI=1S/C22H27NO4/c1-17-9-7-10-18(2)22(17)27-14-8-13-20(24)23(16-21(25)26-3)15-19-11-5-4-6-12-19/h4-7,9-12H,8,13-16H2,1-3H3. The first-order valence-corrected chi connectivity index (χ1v) is 9.08. The van der Waals surface area contributed by atoms with Crippen LogP contribution in [-0.4, -0.2) is 37.0 Å². The van der Waals surface area contributed by atoms with E-state index in [1.165, 1.54) is 12.0 Å². The largest absolute Gasteiger partial charge is 0.493 e. The van der Waals surface area contributed by atoms with Crippen LogP contribution in [0.15, 0.2) is 48.5 Å². The van der Waals surface area contributed by atoms with Crippen LogP contribution in [0.5, 0.6) is 5.75 Å². The molecule has 0 unspecified atom stereocenters. The van der Waals surface area contributed by atoms with Crippen LogP contribution in [0.25, 0.3) is 0 Å². The van der Waals surface area contributed by atoms with E-state index in [1.807, 2.05) is 62.4 Å². The number of aryl methyl sites for hydroxylation is 2. The maximum absolute atomic E-state index is 12.6. The number of benzene rings is 2. The first kappa shape index (κ1) is 20.5. The Kier molecular flexibility index (Phi) is 7.86. The van der Waals surface area contributed by atoms with Crippen molar-refractivity contribution in [2.75, 3.05) is 20.3 Å². The average molecular weight is 369 g/mol. The second-order valence-electron chi connectivity index (χ2n) is 6.48. The van der Waals surface area contributed by atoms with Gasteiger partial charge in [0.05, 0.1) is 13.7 Å². The summed E-state index contributed by atoms with van der Waals surface area (Å²) in [4.78, 5) is 25.8. The first-order chi connectivity index (χ1) is 13.0. The van der Waals surface area contributed by atoms with Crippen LogP contribution >= 0.6 is 0 Å². The lowest BCUT2D eigenvalue weighted by atomic mass is 10.1. The molecule has 0 fully saturated rings. The van der Waals surface area contributed by atoms with Crippen LogP contribution < -0.4 is 4.74 Å². The molecule has 2 rings (SSSR count). The van der Waals surface area contributed by atoms with Gasteiger partial charge in [-0.2, -0.15) is 0 Å². The Labute approximate surface area is 160 Å². The summed E-state index contributed by atoms with van der Waals surface area (Å²) in [6.45, 7) is 4.79. The molecule has 27 heavy (non-hydrogen) atoms. The summed E-state index contributed by atoms with van der Waals surface area (Å²) >= 11 is 0. The van der Waals surface area contributed by atoms with Crippen molar-refractivity contribution in [3.63, 3.8) is 0 Å². The molecule has 2 aromatic rings. The molecule has 0 aromatic heterocycles. The van der Waals surface area contributed by atoms with Gasteiger partial charge in [0.25, 0.3) is 0 Å². The van der Waals surface area contributed by atoms with Gasteiger partial charge in [0.1, 0.15) is 12.3 Å². The third-order valence-electron chi connectivity index (χ3n) is 4.31. The van der Waals surface area contributed by atoms with Gasteiger partial charge in [-0.15, -0.1) is 0 Å². The van der Waals surface area contributed by atoms with Crippen LogP contribution in [0.2, 0.25) is 0 Å². The molecule has 5 nitrogen and oxygen atoms in total. The number of para-hydroxylation sites is 1. The van der Waals surface area contributed by atoms with E-state index >= 15 is 0 Å². The number of amides is 1. The number of esters is 1. The molecular formula is C22H27NO4. The highest BCUT2D eigenvalue weighted by Gasteiger charge is 2.18. The fourth-order valence-electron chi connectivity index (χ4n) is 2.84. The number of hydrogen-bond donors (Lipinski definition) is 0. The second kappa shape index (κ2) is 10.4. The number of ether oxygens (including phenoxy) is 2. The fourth-order valence-corrected chi connectivity index (χ4v) is 2.84. The highest BCUT2D eigenvalue weighted by atomic mass is 16.5. The van der Waals surface area contributed by atoms with E-state index in [0.717, 1.165) is 22.4 Å². The van der Waals surface area contributed by atoms with Gasteiger partial charge < -0.3 is 14.4 Å². The van der Waals surface area contributed by atoms with E-state index in [0.29, 0.717) is 26.0 Å². The lowest BCUT2D eigenvalue weighted by Crippen LogP contribution is -2.35. The lowest BCUT2D eigenvalue weighted by Gasteiger charge is -2.22. The minimum Gasteiger partial charge on any atom is -0.493 e. The molecule has 0 heterocycles. The summed E-state index contributed by atoms with van der Waals surface area (Å²) in [7, 11) is 1.33. The Morgan fingerprint density at radius 2 is 1.63 bits per heavy atom. The Balaban J connectivity index is 1.89. The van der Waals surface area contributed by atoms with Crippen molar-refractivity contribution in [2.45, 2.75) is 33.2 Å². The highest BCUT2D eigenvalue weighted by molar-refractivity contribution is 5.82. The number of carbonyl (C=O) groups is 2. The van der Waals surface area contributed by atoms with Crippen LogP contribution in [0.1, 0.15) is 29.5 Å². The summed E-state index contributed by atoms with van der Waals surface area (Å²) in [6.07, 6.45) is 0.897. The number of hydrogen-bond acceptors (Lipinski definition) is 4. The van der Waals surface area contributed by atoms with Crippen molar-refractivity contribution in [1.82, 2.24) is 4.90 Å². The predicted octanol–water partition coefficient (Wildman–Crippen LogP) is 3.66. The summed E-state index contributed by atoms with van der Waals surface area (Å²) < 4.78 is 10.6. The van der Waals surface area contributed by atoms with Crippen molar-refractivity contribution in [3.8, 4) is 5.75 Å². The molecule has 0 spiro atoms. The SMILES string of the molecule is COC(=O)CN(Cc1ccccc1)C(=O)CCCOc1c(C)cccc1C. The van der Waals surface area contributed by atoms with Gasteiger partial charge in [-0.1, -0.05) is 48.5 Å². The maximum atomic E-state index is 12.6. The van der Waals surface area contributed by atoms with E-state index in [2.05, 4.69) is 0 Å². The number of rotatable bonds is 9. The van der Waals surface area contributed by atoms with Gasteiger partial charge >= 0.3 is 5.97 Å². The predicted molar refractivity (Wildman–Crippen MR) is 105 cm³/mol. The third kappa shape index (κ3) is 6.44. The van der Waals surface area contributed by atoms with Crippen molar-refractivity contribution < 1.29 is 19.1 Å². The zero-order valence-corrected chi connectivity index (χ0v) is 16.2. The molecule has 0 saturated carbocycles. The molecule has 0 atom stereocenters. The third-order valence-corrected chi connectivity index (χ3v) is 4.31. The van der Waals surface area contributed by atoms with Crippen LogP contribution in [0.3, 0.4) is 0 Å². The molecule has 5 heteroatoms. The Bertz CT molecular complexity index is 738. The molecule has 0 bridgehead atoms. The van der Waals surface area contributed by atoms with Crippen molar-refractivity contribution in [1.29, 1.82) is 0 Å². The number of methoxy groups -OCH3 is 1. The molecule has 2 aromatic carbocycles. The Morgan fingerprint density at radius 3 is 2.26 bits per heavy atom. The van der Waals surface area contributed by atoms with Crippen LogP contribution in [-0.2, 0) is 20.9 Å². The number of nitrogens with zero attached hydrogens (tertiary/aromatic N) is 1. The fraction of sp³-hybridized carbons (Fsp3) is 0.364. The lowest BCUT2D eigenvalue weighted by molar-refractivity contribution is -0.147. The van der Waals surface area contributed by atoms with E-state index in [-0.39, 0.29) is 12.5 Å². The van der Waals surface area contributed by atoms with Crippen LogP contribution in [0.4, 0.5) is 0 Å². The quantitative estimate of drug-likeness (QED) is 0.500. The van der Waals surface area contributed by atoms with E-state index in [9.17, 15) is 9.59 Å². The average Bonchev–Trinajstić information content (AvgIpc) is 2.67. The molecular weight excluding hydrogens is 342 g/mol. The zero-order chi connectivity index (χ0) is 19.6. The van der Waals surface area contributed by atoms with Gasteiger partial charge in [-0.25, -0.2) is 0 Å². The van der Waals surface area contributed by atoms with Gasteiger partial charge in [0.15, 0.2) is 0 Å². The van der Waals surface area contributed by atoms with Gasteiger partial charge in [0, 0.05) is 13.0 Å². The van der Waals surface area contributed by atoms with E-state index in [1.54, 1.807) is 0 Å². The zero-order valence-electron chi connectivity index (χ0n) is 16.2. The smallest absolute Gasteiger partial charge is 0.325 e. The van der Waals surface area contributed by atoms with Crippen molar-refractivity contribution in [2.24, 2.45) is 0 Å². The van der Waals surface area contributed by atoms with Crippen LogP contribution in [0, 0.1) is 13.8 Å². The molecule has 0 aliphatic carbocycles. The topological polar surface area (TPSA) is 55.8 Å². The molecule has 0 aliphatic rings. The monoisotopic (exact) mass is 369 g/mol. The normalized spacial score (nSPS) is 10.3. The molecule has 1 amide bonds. The van der Waals surface area contributed by atoms with Gasteiger partial charge in [-0.05, 0) is 37.0 Å². The minimum absolute atomic E-state index is 0.0536. The molecule has 0 saturated heterocycles. The highest BCUT2D eigenvalue weighted by Crippen LogP contribution is 2.22. The molecule has 0 N–H and O–H groups in total. The summed E-state index contributed by atoms with van der Waals surface area (Å²) in [5, 5.41) is 0. The first-order valence-electron chi connectivity index (χ1n) is 9.08. The molecule has 0 aliphatic heterocycles. The molecule has 144 valence electrons. The van der Waals surface area contributed by atoms with E-state index in [4.69, 9.17) is 9.47 Å². The summed E-state index contributed by atoms with van der Waals surface area (Å²) in [5.74, 6) is 0.362. The van der Waals surface area contributed by atoms with E-state index < -0.39 is 5.97 Å². The second-order valence-corrected chi connectivity index (χ2v) is 6.48.